The predicted molar refractivity (Wildman–Crippen MR) is 169 cm³/mol. The van der Waals surface area contributed by atoms with Crippen molar-refractivity contribution in [3.63, 3.8) is 0 Å². The molecule has 0 fully saturated rings. The van der Waals surface area contributed by atoms with E-state index in [2.05, 4.69) is 152 Å². The number of aromatic nitrogens is 1. The molecule has 1 aromatic heterocycles. The molecule has 0 amide bonds. The molecule has 0 aliphatic heterocycles. The van der Waals surface area contributed by atoms with E-state index in [4.69, 9.17) is 4.98 Å². The molecular weight excluding hydrogens is 494 g/mol. The maximum Gasteiger partial charge on any atom is 0.0788 e. The molecule has 0 unspecified atom stereocenters. The molecule has 41 heavy (non-hydrogen) atoms. The second kappa shape index (κ2) is 8.36. The number of nitrogens with zero attached hydrogens (tertiary/aromatic N) is 1. The van der Waals surface area contributed by atoms with Crippen LogP contribution in [-0.2, 0) is 5.41 Å². The van der Waals surface area contributed by atoms with Gasteiger partial charge in [-0.3, -0.25) is 0 Å². The third-order valence-corrected chi connectivity index (χ3v) is 9.09. The maximum absolute atomic E-state index is 5.56. The van der Waals surface area contributed by atoms with Crippen molar-refractivity contribution in [2.45, 2.75) is 5.41 Å². The van der Waals surface area contributed by atoms with E-state index in [9.17, 15) is 0 Å². The van der Waals surface area contributed by atoms with Crippen LogP contribution < -0.4 is 0 Å². The van der Waals surface area contributed by atoms with Crippen molar-refractivity contribution in [2.75, 3.05) is 0 Å². The monoisotopic (exact) mass is 519 g/mol. The molecule has 190 valence electrons. The first kappa shape index (κ1) is 22.5. The molecule has 0 saturated carbocycles. The maximum atomic E-state index is 5.56. The Morgan fingerprint density at radius 1 is 0.341 bits per heavy atom. The highest BCUT2D eigenvalue weighted by Crippen LogP contribution is 2.63. The van der Waals surface area contributed by atoms with E-state index in [0.717, 1.165) is 17.0 Å². The first-order chi connectivity index (χ1) is 20.4. The molecular formula is C40H25N. The number of hydrogen-bond donors (Lipinski definition) is 0. The molecule has 1 heterocycles. The Balaban J connectivity index is 1.37. The summed E-state index contributed by atoms with van der Waals surface area (Å²) in [5, 5.41) is 2.45. The van der Waals surface area contributed by atoms with Crippen molar-refractivity contribution in [2.24, 2.45) is 0 Å². The summed E-state index contributed by atoms with van der Waals surface area (Å²) in [6, 6.07) is 55.1. The van der Waals surface area contributed by atoms with Crippen LogP contribution >= 0.6 is 0 Å². The van der Waals surface area contributed by atoms with Crippen molar-refractivity contribution < 1.29 is 0 Å². The molecule has 6 aromatic carbocycles. The van der Waals surface area contributed by atoms with Crippen molar-refractivity contribution in [3.8, 4) is 44.8 Å². The van der Waals surface area contributed by atoms with Gasteiger partial charge in [-0.15, -0.1) is 0 Å². The summed E-state index contributed by atoms with van der Waals surface area (Å²) in [4.78, 5) is 5.56. The van der Waals surface area contributed by atoms with Gasteiger partial charge in [-0.1, -0.05) is 152 Å². The second-order valence-electron chi connectivity index (χ2n) is 11.1. The highest BCUT2D eigenvalue weighted by atomic mass is 14.8. The summed E-state index contributed by atoms with van der Waals surface area (Å²) in [6.07, 6.45) is 0. The van der Waals surface area contributed by atoms with Crippen LogP contribution in [0.1, 0.15) is 22.3 Å². The van der Waals surface area contributed by atoms with E-state index in [1.807, 2.05) is 0 Å². The zero-order chi connectivity index (χ0) is 27.0. The molecule has 0 saturated heterocycles. The summed E-state index contributed by atoms with van der Waals surface area (Å²) >= 11 is 0. The van der Waals surface area contributed by atoms with Gasteiger partial charge >= 0.3 is 0 Å². The molecule has 1 spiro atoms. The van der Waals surface area contributed by atoms with Gasteiger partial charge in [-0.2, -0.15) is 0 Å². The van der Waals surface area contributed by atoms with Crippen LogP contribution in [0.2, 0.25) is 0 Å². The van der Waals surface area contributed by atoms with Crippen LogP contribution in [0, 0.1) is 0 Å². The number of fused-ring (bicyclic) bond motifs is 12. The zero-order valence-electron chi connectivity index (χ0n) is 22.4. The highest BCUT2D eigenvalue weighted by molar-refractivity contribution is 6.06. The lowest BCUT2D eigenvalue weighted by Gasteiger charge is -2.31. The summed E-state index contributed by atoms with van der Waals surface area (Å²) in [5.74, 6) is 0. The topological polar surface area (TPSA) is 12.9 Å². The van der Waals surface area contributed by atoms with E-state index >= 15 is 0 Å². The fourth-order valence-corrected chi connectivity index (χ4v) is 7.45. The Labute approximate surface area is 239 Å². The Kier molecular flexibility index (Phi) is 4.60. The second-order valence-corrected chi connectivity index (χ2v) is 11.1. The largest absolute Gasteiger partial charge is 0.247 e. The summed E-state index contributed by atoms with van der Waals surface area (Å²) in [6.45, 7) is 0. The van der Waals surface area contributed by atoms with E-state index in [-0.39, 0.29) is 0 Å². The third-order valence-electron chi connectivity index (χ3n) is 9.09. The van der Waals surface area contributed by atoms with E-state index in [1.165, 1.54) is 60.8 Å². The van der Waals surface area contributed by atoms with Gasteiger partial charge in [-0.25, -0.2) is 4.98 Å². The molecule has 0 bridgehead atoms. The molecule has 2 aliphatic carbocycles. The number of benzene rings is 6. The average molecular weight is 520 g/mol. The first-order valence-corrected chi connectivity index (χ1v) is 14.2. The molecule has 0 radical (unpaired) electrons. The van der Waals surface area contributed by atoms with Gasteiger partial charge in [0.05, 0.1) is 16.8 Å². The lowest BCUT2D eigenvalue weighted by Crippen LogP contribution is -2.26. The van der Waals surface area contributed by atoms with Gasteiger partial charge in [0, 0.05) is 22.1 Å². The zero-order valence-corrected chi connectivity index (χ0v) is 22.4. The molecule has 1 heteroatoms. The van der Waals surface area contributed by atoms with Crippen LogP contribution in [0.25, 0.3) is 55.5 Å². The highest BCUT2D eigenvalue weighted by Gasteiger charge is 2.53. The van der Waals surface area contributed by atoms with Crippen molar-refractivity contribution >= 4 is 10.8 Å². The van der Waals surface area contributed by atoms with Gasteiger partial charge in [0.1, 0.15) is 0 Å². The third kappa shape index (κ3) is 2.93. The van der Waals surface area contributed by atoms with Crippen molar-refractivity contribution in [3.05, 3.63) is 174 Å². The van der Waals surface area contributed by atoms with Crippen molar-refractivity contribution in [1.82, 2.24) is 4.98 Å². The molecule has 9 rings (SSSR count). The molecule has 2 aliphatic rings. The van der Waals surface area contributed by atoms with Gasteiger partial charge in [0.15, 0.2) is 0 Å². The van der Waals surface area contributed by atoms with Crippen LogP contribution in [-0.4, -0.2) is 4.98 Å². The van der Waals surface area contributed by atoms with E-state index < -0.39 is 5.41 Å². The molecule has 7 aromatic rings. The summed E-state index contributed by atoms with van der Waals surface area (Å²) < 4.78 is 0. The van der Waals surface area contributed by atoms with E-state index in [0.29, 0.717) is 0 Å². The molecule has 0 atom stereocenters. The standard InChI is InChI=1S/C40H25N/c1-2-12-26(13-3-1)27-22-24-28(25-23-27)38-32-17-5-4-16-31(32)37-39(41-38)33-18-8-11-21-36(33)40(37)34-19-9-6-14-29(34)30-15-7-10-20-35(30)40/h1-25H. The van der Waals surface area contributed by atoms with Crippen molar-refractivity contribution in [1.29, 1.82) is 0 Å². The lowest BCUT2D eigenvalue weighted by atomic mass is 9.69. The van der Waals surface area contributed by atoms with Crippen LogP contribution in [0.3, 0.4) is 0 Å². The van der Waals surface area contributed by atoms with Gasteiger partial charge in [-0.05, 0) is 44.3 Å². The minimum atomic E-state index is -0.401. The SMILES string of the molecule is c1ccc(-c2ccc(-c3nc4c(c5ccccc35)C3(c5ccccc5-c5ccccc53)c3ccccc3-4)cc2)cc1. The van der Waals surface area contributed by atoms with Crippen LogP contribution in [0.5, 0.6) is 0 Å². The number of pyridine rings is 1. The summed E-state index contributed by atoms with van der Waals surface area (Å²) in [5.41, 5.74) is 14.5. The minimum Gasteiger partial charge on any atom is -0.247 e. The molecule has 1 nitrogen and oxygen atoms in total. The first-order valence-electron chi connectivity index (χ1n) is 14.2. The fourth-order valence-electron chi connectivity index (χ4n) is 7.45. The quantitative estimate of drug-likeness (QED) is 0.221. The van der Waals surface area contributed by atoms with Gasteiger partial charge in [0.25, 0.3) is 0 Å². The summed E-state index contributed by atoms with van der Waals surface area (Å²) in [7, 11) is 0. The predicted octanol–water partition coefficient (Wildman–Crippen LogP) is 9.91. The van der Waals surface area contributed by atoms with Crippen LogP contribution in [0.4, 0.5) is 0 Å². The van der Waals surface area contributed by atoms with Crippen LogP contribution in [0.15, 0.2) is 152 Å². The van der Waals surface area contributed by atoms with Gasteiger partial charge < -0.3 is 0 Å². The lowest BCUT2D eigenvalue weighted by molar-refractivity contribution is 0.799. The number of hydrogen-bond acceptors (Lipinski definition) is 1. The average Bonchev–Trinajstić information content (AvgIpc) is 3.52. The smallest absolute Gasteiger partial charge is 0.0788 e. The fraction of sp³-hybridized carbons (Fsp3) is 0.0250. The number of rotatable bonds is 2. The minimum absolute atomic E-state index is 0.401. The van der Waals surface area contributed by atoms with Gasteiger partial charge in [0.2, 0.25) is 0 Å². The Morgan fingerprint density at radius 3 is 1.46 bits per heavy atom. The molecule has 0 N–H and O–H groups in total. The normalized spacial score (nSPS) is 13.6. The Bertz CT molecular complexity index is 2090. The van der Waals surface area contributed by atoms with E-state index in [1.54, 1.807) is 0 Å². The Morgan fingerprint density at radius 2 is 0.805 bits per heavy atom. The Hall–Kier alpha value is -5.27.